The number of nitrogens with zero attached hydrogens (tertiary/aromatic N) is 2. The predicted molar refractivity (Wildman–Crippen MR) is 69.1 cm³/mol. The van der Waals surface area contributed by atoms with Gasteiger partial charge in [-0.1, -0.05) is 31.9 Å². The summed E-state index contributed by atoms with van der Waals surface area (Å²) in [5, 5.41) is 3.94. The van der Waals surface area contributed by atoms with E-state index in [2.05, 4.69) is 29.1 Å². The monoisotopic (exact) mass is 241 g/mol. The Kier molecular flexibility index (Phi) is 5.00. The van der Waals surface area contributed by atoms with Crippen LogP contribution in [0.1, 0.15) is 45.0 Å². The number of nitrogens with one attached hydrogen (secondary N) is 1. The zero-order valence-corrected chi connectivity index (χ0v) is 11.2. The molecule has 0 aromatic carbocycles. The van der Waals surface area contributed by atoms with E-state index < -0.39 is 0 Å². The summed E-state index contributed by atoms with van der Waals surface area (Å²) in [7, 11) is 0. The molecule has 0 aliphatic rings. The fourth-order valence-electron chi connectivity index (χ4n) is 1.57. The first-order chi connectivity index (χ1) is 7.58. The maximum Gasteiger partial charge on any atom is 0.137 e. The van der Waals surface area contributed by atoms with Crippen LogP contribution in [-0.2, 0) is 6.42 Å². The summed E-state index contributed by atoms with van der Waals surface area (Å²) in [4.78, 5) is 8.69. The van der Waals surface area contributed by atoms with Crippen LogP contribution in [0.2, 0.25) is 5.15 Å². The minimum absolute atomic E-state index is 0.416. The highest BCUT2D eigenvalue weighted by Gasteiger charge is 2.10. The van der Waals surface area contributed by atoms with Gasteiger partial charge in [0.15, 0.2) is 0 Å². The second-order valence-corrected chi connectivity index (χ2v) is 4.45. The summed E-state index contributed by atoms with van der Waals surface area (Å²) in [5.41, 5.74) is 0.932. The lowest BCUT2D eigenvalue weighted by Crippen LogP contribution is -2.17. The first-order valence-corrected chi connectivity index (χ1v) is 6.25. The summed E-state index contributed by atoms with van der Waals surface area (Å²) < 4.78 is 0. The quantitative estimate of drug-likeness (QED) is 0.801. The zero-order valence-electron chi connectivity index (χ0n) is 10.5. The fourth-order valence-corrected chi connectivity index (χ4v) is 1.76. The summed E-state index contributed by atoms with van der Waals surface area (Å²) in [6.07, 6.45) is 3.09. The van der Waals surface area contributed by atoms with Crippen molar-refractivity contribution in [2.75, 3.05) is 5.32 Å². The van der Waals surface area contributed by atoms with Crippen LogP contribution < -0.4 is 5.32 Å². The Balaban J connectivity index is 2.89. The van der Waals surface area contributed by atoms with Crippen LogP contribution in [0, 0.1) is 6.92 Å². The van der Waals surface area contributed by atoms with E-state index in [1.807, 2.05) is 13.8 Å². The molecule has 90 valence electrons. The van der Waals surface area contributed by atoms with Crippen LogP contribution in [0.4, 0.5) is 5.82 Å². The van der Waals surface area contributed by atoms with E-state index in [0.29, 0.717) is 11.2 Å². The molecule has 0 fully saturated rings. The highest BCUT2D eigenvalue weighted by atomic mass is 35.5. The molecule has 1 atom stereocenters. The van der Waals surface area contributed by atoms with Gasteiger partial charge in [0.05, 0.1) is 0 Å². The molecule has 1 N–H and O–H groups in total. The minimum Gasteiger partial charge on any atom is -0.367 e. The average Bonchev–Trinajstić information content (AvgIpc) is 2.24. The molecule has 0 bridgehead atoms. The van der Waals surface area contributed by atoms with Crippen molar-refractivity contribution >= 4 is 17.4 Å². The second kappa shape index (κ2) is 6.04. The third-order valence-electron chi connectivity index (χ3n) is 2.55. The van der Waals surface area contributed by atoms with Gasteiger partial charge in [0.1, 0.15) is 16.8 Å². The van der Waals surface area contributed by atoms with Crippen molar-refractivity contribution in [2.24, 2.45) is 0 Å². The Morgan fingerprint density at radius 3 is 2.56 bits per heavy atom. The number of hydrogen-bond donors (Lipinski definition) is 1. The van der Waals surface area contributed by atoms with Crippen LogP contribution in [0.25, 0.3) is 0 Å². The van der Waals surface area contributed by atoms with Gasteiger partial charge in [-0.2, -0.15) is 0 Å². The first-order valence-electron chi connectivity index (χ1n) is 5.88. The van der Waals surface area contributed by atoms with Gasteiger partial charge in [-0.15, -0.1) is 0 Å². The van der Waals surface area contributed by atoms with Crippen LogP contribution in [0.5, 0.6) is 0 Å². The fraction of sp³-hybridized carbons (Fsp3) is 0.667. The SMILES string of the molecule is CCCC(C)Nc1nc(CC)nc(Cl)c1C. The van der Waals surface area contributed by atoms with Crippen molar-refractivity contribution in [3.63, 3.8) is 0 Å². The van der Waals surface area contributed by atoms with E-state index in [-0.39, 0.29) is 0 Å². The van der Waals surface area contributed by atoms with Crippen molar-refractivity contribution < 1.29 is 0 Å². The number of aryl methyl sites for hydroxylation is 1. The lowest BCUT2D eigenvalue weighted by Gasteiger charge is -2.16. The predicted octanol–water partition coefficient (Wildman–Crippen LogP) is 3.60. The molecule has 1 heterocycles. The highest BCUT2D eigenvalue weighted by molar-refractivity contribution is 6.30. The summed E-state index contributed by atoms with van der Waals surface area (Å²) in [5.74, 6) is 1.67. The summed E-state index contributed by atoms with van der Waals surface area (Å²) in [6, 6.07) is 0.416. The summed E-state index contributed by atoms with van der Waals surface area (Å²) >= 11 is 6.07. The number of rotatable bonds is 5. The van der Waals surface area contributed by atoms with Gasteiger partial charge in [0, 0.05) is 18.0 Å². The van der Waals surface area contributed by atoms with Crippen LogP contribution in [0.3, 0.4) is 0 Å². The first kappa shape index (κ1) is 13.2. The Morgan fingerprint density at radius 1 is 1.31 bits per heavy atom. The molecule has 0 aliphatic heterocycles. The standard InChI is InChI=1S/C12H20ClN3/c1-5-7-8(3)14-12-9(4)11(13)15-10(6-2)16-12/h8H,5-7H2,1-4H3,(H,14,15,16). The molecule has 3 nitrogen and oxygen atoms in total. The molecule has 0 saturated carbocycles. The van der Waals surface area contributed by atoms with Gasteiger partial charge in [-0.05, 0) is 20.3 Å². The molecule has 0 saturated heterocycles. The average molecular weight is 242 g/mol. The third kappa shape index (κ3) is 3.34. The number of halogens is 1. The molecule has 4 heteroatoms. The Hall–Kier alpha value is -0.830. The topological polar surface area (TPSA) is 37.8 Å². The van der Waals surface area contributed by atoms with Gasteiger partial charge in [-0.3, -0.25) is 0 Å². The number of aromatic nitrogens is 2. The van der Waals surface area contributed by atoms with Crippen LogP contribution in [0.15, 0.2) is 0 Å². The van der Waals surface area contributed by atoms with E-state index in [4.69, 9.17) is 11.6 Å². The van der Waals surface area contributed by atoms with Gasteiger partial charge < -0.3 is 5.32 Å². The van der Waals surface area contributed by atoms with Crippen LogP contribution in [-0.4, -0.2) is 16.0 Å². The largest absolute Gasteiger partial charge is 0.367 e. The molecular formula is C12H20ClN3. The van der Waals surface area contributed by atoms with E-state index in [9.17, 15) is 0 Å². The van der Waals surface area contributed by atoms with Gasteiger partial charge in [0.25, 0.3) is 0 Å². The Bertz CT molecular complexity index is 352. The number of anilines is 1. The normalized spacial score (nSPS) is 12.6. The molecular weight excluding hydrogens is 222 g/mol. The smallest absolute Gasteiger partial charge is 0.137 e. The molecule has 16 heavy (non-hydrogen) atoms. The van der Waals surface area contributed by atoms with Crippen molar-refractivity contribution in [3.05, 3.63) is 16.5 Å². The van der Waals surface area contributed by atoms with Crippen molar-refractivity contribution in [1.29, 1.82) is 0 Å². The van der Waals surface area contributed by atoms with Crippen molar-refractivity contribution in [1.82, 2.24) is 9.97 Å². The van der Waals surface area contributed by atoms with Gasteiger partial charge >= 0.3 is 0 Å². The van der Waals surface area contributed by atoms with Gasteiger partial charge in [-0.25, -0.2) is 9.97 Å². The lowest BCUT2D eigenvalue weighted by atomic mass is 10.2. The third-order valence-corrected chi connectivity index (χ3v) is 2.92. The molecule has 0 aliphatic carbocycles. The Labute approximate surface area is 103 Å². The number of hydrogen-bond acceptors (Lipinski definition) is 3. The Morgan fingerprint density at radius 2 is 2.00 bits per heavy atom. The maximum absolute atomic E-state index is 6.07. The van der Waals surface area contributed by atoms with E-state index >= 15 is 0 Å². The molecule has 1 aromatic rings. The maximum atomic E-state index is 6.07. The zero-order chi connectivity index (χ0) is 12.1. The second-order valence-electron chi connectivity index (χ2n) is 4.09. The minimum atomic E-state index is 0.416. The van der Waals surface area contributed by atoms with E-state index in [1.54, 1.807) is 0 Å². The van der Waals surface area contributed by atoms with E-state index in [1.165, 1.54) is 0 Å². The highest BCUT2D eigenvalue weighted by Crippen LogP contribution is 2.21. The van der Waals surface area contributed by atoms with Crippen molar-refractivity contribution in [2.45, 2.75) is 53.0 Å². The molecule has 1 unspecified atom stereocenters. The van der Waals surface area contributed by atoms with Crippen molar-refractivity contribution in [3.8, 4) is 0 Å². The molecule has 0 spiro atoms. The lowest BCUT2D eigenvalue weighted by molar-refractivity contribution is 0.685. The van der Waals surface area contributed by atoms with Gasteiger partial charge in [0.2, 0.25) is 0 Å². The molecule has 0 radical (unpaired) electrons. The molecule has 1 aromatic heterocycles. The summed E-state index contributed by atoms with van der Waals surface area (Å²) in [6.45, 7) is 8.31. The molecule has 0 amide bonds. The van der Waals surface area contributed by atoms with E-state index in [0.717, 1.165) is 36.5 Å². The molecule has 1 rings (SSSR count). The van der Waals surface area contributed by atoms with Crippen LogP contribution >= 0.6 is 11.6 Å².